The quantitative estimate of drug-likeness (QED) is 0.641. The first-order valence-corrected chi connectivity index (χ1v) is 9.69. The number of ether oxygens (including phenoxy) is 2. The van der Waals surface area contributed by atoms with E-state index in [9.17, 15) is 4.79 Å². The molecule has 146 valence electrons. The lowest BCUT2D eigenvalue weighted by molar-refractivity contribution is 0.0921. The average molecular weight is 378 g/mol. The Morgan fingerprint density at radius 2 is 2.00 bits per heavy atom. The predicted octanol–water partition coefficient (Wildman–Crippen LogP) is 4.51. The van der Waals surface area contributed by atoms with Crippen LogP contribution >= 0.6 is 0 Å². The molecular weight excluding hydrogens is 352 g/mol. The number of carbonyl (C=O) groups is 1. The van der Waals surface area contributed by atoms with E-state index < -0.39 is 0 Å². The molecule has 0 unspecified atom stereocenters. The minimum Gasteiger partial charge on any atom is -0.497 e. The highest BCUT2D eigenvalue weighted by Crippen LogP contribution is 2.39. The van der Waals surface area contributed by atoms with Gasteiger partial charge in [0.25, 0.3) is 0 Å². The van der Waals surface area contributed by atoms with Crippen LogP contribution in [0, 0.1) is 6.92 Å². The van der Waals surface area contributed by atoms with E-state index in [0.29, 0.717) is 6.54 Å². The number of ketones is 1. The number of Topliss-reactive ketones (excluding diaryl/α,β-unsaturated/α-hetero) is 1. The van der Waals surface area contributed by atoms with Crippen molar-refractivity contribution in [2.75, 3.05) is 27.3 Å². The van der Waals surface area contributed by atoms with Crippen LogP contribution in [-0.2, 0) is 0 Å². The predicted molar refractivity (Wildman–Crippen MR) is 110 cm³/mol. The molecule has 1 saturated heterocycles. The van der Waals surface area contributed by atoms with Crippen molar-refractivity contribution in [1.82, 2.24) is 9.88 Å². The molecule has 0 spiro atoms. The molecule has 28 heavy (non-hydrogen) atoms. The first-order chi connectivity index (χ1) is 13.6. The zero-order valence-electron chi connectivity index (χ0n) is 16.6. The molecule has 4 rings (SSSR count). The van der Waals surface area contributed by atoms with Gasteiger partial charge in [0.15, 0.2) is 5.78 Å². The zero-order chi connectivity index (χ0) is 19.7. The lowest BCUT2D eigenvalue weighted by Crippen LogP contribution is -2.30. The summed E-state index contributed by atoms with van der Waals surface area (Å²) in [7, 11) is 3.33. The van der Waals surface area contributed by atoms with E-state index in [1.165, 1.54) is 0 Å². The first-order valence-electron chi connectivity index (χ1n) is 9.69. The second kappa shape index (κ2) is 7.68. The summed E-state index contributed by atoms with van der Waals surface area (Å²) in [5.74, 6) is 1.75. The van der Waals surface area contributed by atoms with Gasteiger partial charge in [-0.1, -0.05) is 24.3 Å². The highest BCUT2D eigenvalue weighted by molar-refractivity contribution is 6.10. The van der Waals surface area contributed by atoms with E-state index >= 15 is 0 Å². The third-order valence-electron chi connectivity index (χ3n) is 5.68. The number of nitrogens with one attached hydrogen (secondary N) is 1. The summed E-state index contributed by atoms with van der Waals surface area (Å²) in [5, 5.41) is 1.00. The fourth-order valence-electron chi connectivity index (χ4n) is 4.36. The van der Waals surface area contributed by atoms with Gasteiger partial charge in [0.2, 0.25) is 0 Å². The number of hydrogen-bond acceptors (Lipinski definition) is 4. The van der Waals surface area contributed by atoms with Crippen molar-refractivity contribution >= 4 is 16.7 Å². The molecule has 0 aliphatic carbocycles. The monoisotopic (exact) mass is 378 g/mol. The fraction of sp³-hybridized carbons (Fsp3) is 0.348. The number of rotatable bonds is 6. The number of carbonyl (C=O) groups excluding carboxylic acids is 1. The zero-order valence-corrected chi connectivity index (χ0v) is 16.6. The van der Waals surface area contributed by atoms with Gasteiger partial charge in [0.05, 0.1) is 20.8 Å². The van der Waals surface area contributed by atoms with Crippen molar-refractivity contribution in [1.29, 1.82) is 0 Å². The lowest BCUT2D eigenvalue weighted by atomic mass is 10.0. The van der Waals surface area contributed by atoms with Crippen molar-refractivity contribution in [2.24, 2.45) is 0 Å². The number of methoxy groups -OCH3 is 2. The minimum absolute atomic E-state index is 0.161. The molecule has 0 amide bonds. The van der Waals surface area contributed by atoms with E-state index in [1.54, 1.807) is 14.2 Å². The number of nitrogens with zero attached hydrogens (tertiary/aromatic N) is 1. The number of aromatic nitrogens is 1. The summed E-state index contributed by atoms with van der Waals surface area (Å²) in [5.41, 5.74) is 3.87. The van der Waals surface area contributed by atoms with Crippen LogP contribution in [0.25, 0.3) is 10.9 Å². The summed E-state index contributed by atoms with van der Waals surface area (Å²) in [6.45, 7) is 3.29. The molecule has 5 heteroatoms. The Labute approximate surface area is 165 Å². The van der Waals surface area contributed by atoms with Crippen LogP contribution in [0.2, 0.25) is 0 Å². The number of H-pyrrole nitrogens is 1. The average Bonchev–Trinajstić information content (AvgIpc) is 3.30. The molecule has 2 heterocycles. The molecule has 0 saturated carbocycles. The number of para-hydroxylation sites is 1. The standard InChI is InChI=1S/C23H26N2O3/c1-15-23(17-7-4-5-8-19(17)24-15)21(26)14-25-12-6-9-20(25)18-11-10-16(27-2)13-22(18)28-3/h4-5,7-8,10-11,13,20,24H,6,9,12,14H2,1-3H3/t20-/m0/s1. The van der Waals surface area contributed by atoms with Crippen molar-refractivity contribution < 1.29 is 14.3 Å². The molecule has 1 aromatic heterocycles. The summed E-state index contributed by atoms with van der Waals surface area (Å²) in [6.07, 6.45) is 2.09. The molecule has 1 aliphatic heterocycles. The maximum atomic E-state index is 13.2. The van der Waals surface area contributed by atoms with Crippen molar-refractivity contribution in [3.8, 4) is 11.5 Å². The van der Waals surface area contributed by atoms with E-state index in [4.69, 9.17) is 9.47 Å². The third-order valence-corrected chi connectivity index (χ3v) is 5.68. The van der Waals surface area contributed by atoms with Gasteiger partial charge in [-0.2, -0.15) is 0 Å². The van der Waals surface area contributed by atoms with Gasteiger partial charge in [-0.3, -0.25) is 9.69 Å². The molecule has 5 nitrogen and oxygen atoms in total. The van der Waals surface area contributed by atoms with Crippen molar-refractivity contribution in [3.63, 3.8) is 0 Å². The van der Waals surface area contributed by atoms with Crippen LogP contribution in [0.1, 0.15) is 40.5 Å². The smallest absolute Gasteiger partial charge is 0.179 e. The number of fused-ring (bicyclic) bond motifs is 1. The van der Waals surface area contributed by atoms with Gasteiger partial charge < -0.3 is 14.5 Å². The molecule has 3 aromatic rings. The largest absolute Gasteiger partial charge is 0.497 e. The first kappa shape index (κ1) is 18.6. The number of aryl methyl sites for hydroxylation is 1. The lowest BCUT2D eigenvalue weighted by Gasteiger charge is -2.26. The van der Waals surface area contributed by atoms with E-state index in [0.717, 1.165) is 58.6 Å². The van der Waals surface area contributed by atoms with Gasteiger partial charge in [-0.05, 0) is 38.4 Å². The summed E-state index contributed by atoms with van der Waals surface area (Å²) in [4.78, 5) is 18.8. The van der Waals surface area contributed by atoms with Crippen LogP contribution < -0.4 is 9.47 Å². The van der Waals surface area contributed by atoms with Crippen molar-refractivity contribution in [2.45, 2.75) is 25.8 Å². The Kier molecular flexibility index (Phi) is 5.09. The molecule has 0 bridgehead atoms. The molecule has 0 radical (unpaired) electrons. The second-order valence-corrected chi connectivity index (χ2v) is 7.33. The Bertz CT molecular complexity index is 1010. The Hall–Kier alpha value is -2.79. The molecule has 1 fully saturated rings. The fourth-order valence-corrected chi connectivity index (χ4v) is 4.36. The molecule has 1 aliphatic rings. The molecular formula is C23H26N2O3. The minimum atomic E-state index is 0.161. The molecule has 2 aromatic carbocycles. The topological polar surface area (TPSA) is 54.6 Å². The van der Waals surface area contributed by atoms with E-state index in [1.807, 2.05) is 43.3 Å². The van der Waals surface area contributed by atoms with Gasteiger partial charge in [-0.25, -0.2) is 0 Å². The van der Waals surface area contributed by atoms with Crippen LogP contribution in [-0.4, -0.2) is 43.0 Å². The maximum absolute atomic E-state index is 13.2. The van der Waals surface area contributed by atoms with Crippen molar-refractivity contribution in [3.05, 3.63) is 59.3 Å². The van der Waals surface area contributed by atoms with E-state index in [2.05, 4.69) is 16.0 Å². The maximum Gasteiger partial charge on any atom is 0.179 e. The second-order valence-electron chi connectivity index (χ2n) is 7.33. The van der Waals surface area contributed by atoms with Crippen LogP contribution in [0.5, 0.6) is 11.5 Å². The number of likely N-dealkylation sites (tertiary alicyclic amines) is 1. The Morgan fingerprint density at radius 3 is 2.79 bits per heavy atom. The van der Waals surface area contributed by atoms with E-state index in [-0.39, 0.29) is 11.8 Å². The molecule has 1 atom stereocenters. The summed E-state index contributed by atoms with van der Waals surface area (Å²) in [6, 6.07) is 14.1. The van der Waals surface area contributed by atoms with Gasteiger partial charge >= 0.3 is 0 Å². The highest BCUT2D eigenvalue weighted by Gasteiger charge is 2.31. The number of hydrogen-bond donors (Lipinski definition) is 1. The number of benzene rings is 2. The van der Waals surface area contributed by atoms with Gasteiger partial charge in [0.1, 0.15) is 11.5 Å². The Balaban J connectivity index is 1.61. The van der Waals surface area contributed by atoms with Crippen LogP contribution in [0.3, 0.4) is 0 Å². The summed E-state index contributed by atoms with van der Waals surface area (Å²) >= 11 is 0. The summed E-state index contributed by atoms with van der Waals surface area (Å²) < 4.78 is 10.9. The SMILES string of the molecule is COc1ccc([C@@H]2CCCN2CC(=O)c2c(C)[nH]c3ccccc23)c(OC)c1. The number of aromatic amines is 1. The van der Waals surface area contributed by atoms with Crippen LogP contribution in [0.4, 0.5) is 0 Å². The van der Waals surface area contributed by atoms with Gasteiger partial charge in [-0.15, -0.1) is 0 Å². The normalized spacial score (nSPS) is 17.2. The van der Waals surface area contributed by atoms with Crippen LogP contribution in [0.15, 0.2) is 42.5 Å². The Morgan fingerprint density at radius 1 is 1.18 bits per heavy atom. The van der Waals surface area contributed by atoms with Gasteiger partial charge in [0, 0.05) is 39.8 Å². The third kappa shape index (κ3) is 3.27. The molecule has 1 N–H and O–H groups in total. The highest BCUT2D eigenvalue weighted by atomic mass is 16.5.